The SMILES string of the molecule is CC(C)c1ccc2[nH]c(C(C)C(=O)O)cc2c1. The van der Waals surface area contributed by atoms with Crippen molar-refractivity contribution in [3.05, 3.63) is 35.5 Å². The molecule has 2 aromatic rings. The minimum Gasteiger partial charge on any atom is -0.481 e. The quantitative estimate of drug-likeness (QED) is 0.849. The Morgan fingerprint density at radius 1 is 1.24 bits per heavy atom. The maximum Gasteiger partial charge on any atom is 0.312 e. The fourth-order valence-corrected chi connectivity index (χ4v) is 1.90. The Hall–Kier alpha value is -1.77. The van der Waals surface area contributed by atoms with Gasteiger partial charge < -0.3 is 10.1 Å². The molecule has 2 N–H and O–H groups in total. The number of rotatable bonds is 3. The average Bonchev–Trinajstić information content (AvgIpc) is 2.69. The lowest BCUT2D eigenvalue weighted by molar-refractivity contribution is -0.138. The third-order valence-corrected chi connectivity index (χ3v) is 3.17. The molecule has 0 spiro atoms. The minimum atomic E-state index is -0.805. The summed E-state index contributed by atoms with van der Waals surface area (Å²) in [5, 5.41) is 10.1. The first-order valence-electron chi connectivity index (χ1n) is 5.84. The van der Waals surface area contributed by atoms with Crippen LogP contribution in [0.25, 0.3) is 10.9 Å². The van der Waals surface area contributed by atoms with Gasteiger partial charge in [-0.05, 0) is 42.0 Å². The Labute approximate surface area is 100 Å². The summed E-state index contributed by atoms with van der Waals surface area (Å²) in [5.74, 6) is -0.819. The van der Waals surface area contributed by atoms with Crippen LogP contribution in [0.4, 0.5) is 0 Å². The molecule has 1 heterocycles. The third-order valence-electron chi connectivity index (χ3n) is 3.17. The highest BCUT2D eigenvalue weighted by Crippen LogP contribution is 2.25. The maximum absolute atomic E-state index is 10.9. The highest BCUT2D eigenvalue weighted by Gasteiger charge is 2.16. The lowest BCUT2D eigenvalue weighted by atomic mass is 10.0. The average molecular weight is 231 g/mol. The van der Waals surface area contributed by atoms with Gasteiger partial charge in [-0.25, -0.2) is 0 Å². The number of aliphatic carboxylic acids is 1. The van der Waals surface area contributed by atoms with Crippen LogP contribution in [0.3, 0.4) is 0 Å². The molecular formula is C14H17NO2. The molecule has 1 aromatic heterocycles. The summed E-state index contributed by atoms with van der Waals surface area (Å²) in [4.78, 5) is 14.1. The zero-order valence-electron chi connectivity index (χ0n) is 10.3. The second-order valence-electron chi connectivity index (χ2n) is 4.79. The lowest BCUT2D eigenvalue weighted by Crippen LogP contribution is -2.07. The number of benzene rings is 1. The van der Waals surface area contributed by atoms with E-state index < -0.39 is 11.9 Å². The molecule has 0 aliphatic carbocycles. The van der Waals surface area contributed by atoms with Gasteiger partial charge in [-0.15, -0.1) is 0 Å². The first-order chi connectivity index (χ1) is 7.99. The Morgan fingerprint density at radius 2 is 1.94 bits per heavy atom. The van der Waals surface area contributed by atoms with Crippen LogP contribution in [0.2, 0.25) is 0 Å². The first-order valence-corrected chi connectivity index (χ1v) is 5.84. The summed E-state index contributed by atoms with van der Waals surface area (Å²) in [6.45, 7) is 5.99. The predicted octanol–water partition coefficient (Wildman–Crippen LogP) is 3.48. The molecule has 2 rings (SSSR count). The van der Waals surface area contributed by atoms with Gasteiger partial charge in [-0.3, -0.25) is 4.79 Å². The Bertz CT molecular complexity index is 554. The normalized spacial score (nSPS) is 13.2. The monoisotopic (exact) mass is 231 g/mol. The summed E-state index contributed by atoms with van der Waals surface area (Å²) in [7, 11) is 0. The Balaban J connectivity index is 2.47. The van der Waals surface area contributed by atoms with Crippen LogP contribution in [0.5, 0.6) is 0 Å². The topological polar surface area (TPSA) is 53.1 Å². The van der Waals surface area contributed by atoms with E-state index in [0.29, 0.717) is 5.92 Å². The predicted molar refractivity (Wildman–Crippen MR) is 68.4 cm³/mol. The lowest BCUT2D eigenvalue weighted by Gasteiger charge is -2.03. The molecule has 0 radical (unpaired) electrons. The Morgan fingerprint density at radius 3 is 2.53 bits per heavy atom. The molecule has 0 aliphatic rings. The molecule has 0 aliphatic heterocycles. The summed E-state index contributed by atoms with van der Waals surface area (Å²) in [6.07, 6.45) is 0. The fourth-order valence-electron chi connectivity index (χ4n) is 1.90. The van der Waals surface area contributed by atoms with E-state index in [1.165, 1.54) is 5.56 Å². The molecule has 1 aromatic carbocycles. The number of nitrogens with one attached hydrogen (secondary N) is 1. The van der Waals surface area contributed by atoms with Crippen molar-refractivity contribution < 1.29 is 9.90 Å². The molecule has 0 fully saturated rings. The molecule has 1 unspecified atom stereocenters. The zero-order valence-corrected chi connectivity index (χ0v) is 10.3. The third kappa shape index (κ3) is 2.18. The van der Waals surface area contributed by atoms with Crippen LogP contribution in [0, 0.1) is 0 Å². The van der Waals surface area contributed by atoms with Gasteiger partial charge in [0.15, 0.2) is 0 Å². The van der Waals surface area contributed by atoms with Crippen LogP contribution >= 0.6 is 0 Å². The van der Waals surface area contributed by atoms with Crippen LogP contribution in [0.15, 0.2) is 24.3 Å². The van der Waals surface area contributed by atoms with Gasteiger partial charge in [0.1, 0.15) is 0 Å². The van der Waals surface area contributed by atoms with Crippen molar-refractivity contribution in [1.29, 1.82) is 0 Å². The summed E-state index contributed by atoms with van der Waals surface area (Å²) in [5.41, 5.74) is 3.02. The standard InChI is InChI=1S/C14H17NO2/c1-8(2)10-4-5-12-11(6-10)7-13(15-12)9(3)14(16)17/h4-9,15H,1-3H3,(H,16,17). The molecule has 3 nitrogen and oxygen atoms in total. The maximum atomic E-state index is 10.9. The summed E-state index contributed by atoms with van der Waals surface area (Å²) >= 11 is 0. The van der Waals surface area contributed by atoms with Crippen molar-refractivity contribution in [2.45, 2.75) is 32.6 Å². The number of hydrogen-bond acceptors (Lipinski definition) is 1. The van der Waals surface area contributed by atoms with Crippen molar-refractivity contribution in [1.82, 2.24) is 4.98 Å². The molecule has 17 heavy (non-hydrogen) atoms. The second-order valence-corrected chi connectivity index (χ2v) is 4.79. The van der Waals surface area contributed by atoms with E-state index >= 15 is 0 Å². The number of H-pyrrole nitrogens is 1. The minimum absolute atomic E-state index is 0.481. The number of aromatic amines is 1. The molecule has 90 valence electrons. The molecule has 0 bridgehead atoms. The van der Waals surface area contributed by atoms with Crippen LogP contribution in [-0.2, 0) is 4.79 Å². The van der Waals surface area contributed by atoms with E-state index in [1.54, 1.807) is 6.92 Å². The number of aromatic nitrogens is 1. The van der Waals surface area contributed by atoms with Crippen molar-refractivity contribution in [2.24, 2.45) is 0 Å². The van der Waals surface area contributed by atoms with E-state index in [0.717, 1.165) is 16.6 Å². The number of fused-ring (bicyclic) bond motifs is 1. The zero-order chi connectivity index (χ0) is 12.6. The highest BCUT2D eigenvalue weighted by molar-refractivity contribution is 5.84. The molecule has 3 heteroatoms. The van der Waals surface area contributed by atoms with E-state index in [1.807, 2.05) is 12.1 Å². The molecule has 0 saturated heterocycles. The van der Waals surface area contributed by atoms with Gasteiger partial charge in [0.2, 0.25) is 0 Å². The largest absolute Gasteiger partial charge is 0.481 e. The molecule has 0 saturated carbocycles. The van der Waals surface area contributed by atoms with E-state index in [9.17, 15) is 4.79 Å². The van der Waals surface area contributed by atoms with Crippen LogP contribution < -0.4 is 0 Å². The van der Waals surface area contributed by atoms with Gasteiger partial charge in [0.25, 0.3) is 0 Å². The number of hydrogen-bond donors (Lipinski definition) is 2. The van der Waals surface area contributed by atoms with Crippen LogP contribution in [0.1, 0.15) is 43.9 Å². The number of carboxylic acids is 1. The molecule has 0 amide bonds. The van der Waals surface area contributed by atoms with Crippen molar-refractivity contribution in [2.75, 3.05) is 0 Å². The number of carboxylic acid groups (broad SMARTS) is 1. The molecule has 1 atom stereocenters. The summed E-state index contributed by atoms with van der Waals surface area (Å²) < 4.78 is 0. The van der Waals surface area contributed by atoms with Crippen LogP contribution in [-0.4, -0.2) is 16.1 Å². The first kappa shape index (κ1) is 11.7. The van der Waals surface area contributed by atoms with Gasteiger partial charge in [0, 0.05) is 11.2 Å². The van der Waals surface area contributed by atoms with Crippen molar-refractivity contribution in [3.63, 3.8) is 0 Å². The second kappa shape index (κ2) is 4.24. The Kier molecular flexibility index (Phi) is 2.92. The van der Waals surface area contributed by atoms with E-state index in [-0.39, 0.29) is 0 Å². The number of carbonyl (C=O) groups is 1. The highest BCUT2D eigenvalue weighted by atomic mass is 16.4. The van der Waals surface area contributed by atoms with E-state index in [2.05, 4.69) is 31.0 Å². The van der Waals surface area contributed by atoms with Crippen molar-refractivity contribution in [3.8, 4) is 0 Å². The smallest absolute Gasteiger partial charge is 0.312 e. The van der Waals surface area contributed by atoms with Gasteiger partial charge in [0.05, 0.1) is 5.92 Å². The molecular weight excluding hydrogens is 214 g/mol. The van der Waals surface area contributed by atoms with Crippen molar-refractivity contribution >= 4 is 16.9 Å². The van der Waals surface area contributed by atoms with Gasteiger partial charge in [-0.2, -0.15) is 0 Å². The van der Waals surface area contributed by atoms with Gasteiger partial charge >= 0.3 is 5.97 Å². The van der Waals surface area contributed by atoms with Gasteiger partial charge in [-0.1, -0.05) is 19.9 Å². The fraction of sp³-hybridized carbons (Fsp3) is 0.357. The summed E-state index contributed by atoms with van der Waals surface area (Å²) in [6, 6.07) is 8.15. The van der Waals surface area contributed by atoms with E-state index in [4.69, 9.17) is 5.11 Å².